The van der Waals surface area contributed by atoms with Crippen LogP contribution in [0.2, 0.25) is 0 Å². The van der Waals surface area contributed by atoms with Gasteiger partial charge in [0.05, 0.1) is 0 Å². The molecule has 0 atom stereocenters. The molecule has 1 aromatic heterocycles. The molecular weight excluding hydrogens is 283 g/mol. The summed E-state index contributed by atoms with van der Waals surface area (Å²) in [5.41, 5.74) is 0. The van der Waals surface area contributed by atoms with Gasteiger partial charge in [-0.25, -0.2) is 4.57 Å². The van der Waals surface area contributed by atoms with E-state index in [1.807, 2.05) is 30.6 Å². The molecule has 0 saturated heterocycles. The number of aliphatic hydroxyl groups excluding tert-OH is 1. The number of aliphatic hydroxyl groups is 1. The van der Waals surface area contributed by atoms with E-state index in [1.54, 1.807) is 0 Å². The Labute approximate surface area is 100 Å². The van der Waals surface area contributed by atoms with E-state index in [2.05, 4.69) is 4.57 Å². The fourth-order valence-electron chi connectivity index (χ4n) is 0.990. The van der Waals surface area contributed by atoms with Gasteiger partial charge in [-0.2, -0.15) is 0 Å². The SMILES string of the molecule is F[P-](F)(F)(F)(F)F.OCCCC[n+]1ccccc1. The monoisotopic (exact) mass is 297 g/mol. The molecule has 2 nitrogen and oxygen atoms in total. The van der Waals surface area contributed by atoms with Gasteiger partial charge in [0.1, 0.15) is 6.54 Å². The molecule has 0 saturated carbocycles. The Hall–Kier alpha value is -0.880. The summed E-state index contributed by atoms with van der Waals surface area (Å²) in [4.78, 5) is 0. The molecule has 1 heterocycles. The van der Waals surface area contributed by atoms with Crippen LogP contribution in [0.3, 0.4) is 0 Å². The van der Waals surface area contributed by atoms with Gasteiger partial charge in [-0.05, 0) is 6.42 Å². The molecule has 0 aliphatic carbocycles. The van der Waals surface area contributed by atoms with Crippen molar-refractivity contribution < 1.29 is 34.9 Å². The van der Waals surface area contributed by atoms with Crippen molar-refractivity contribution >= 4 is 7.81 Å². The number of rotatable bonds is 4. The maximum Gasteiger partial charge on any atom is 0.168 e. The fourth-order valence-corrected chi connectivity index (χ4v) is 0.990. The fraction of sp³-hybridized carbons (Fsp3) is 0.444. The van der Waals surface area contributed by atoms with Gasteiger partial charge in [0.2, 0.25) is 0 Å². The molecular formula is C9H14F6NOP. The van der Waals surface area contributed by atoms with E-state index in [1.165, 1.54) is 0 Å². The number of hydrogen-bond acceptors (Lipinski definition) is 1. The van der Waals surface area contributed by atoms with Crippen LogP contribution in [-0.4, -0.2) is 11.7 Å². The van der Waals surface area contributed by atoms with E-state index in [9.17, 15) is 25.2 Å². The van der Waals surface area contributed by atoms with E-state index >= 15 is 0 Å². The van der Waals surface area contributed by atoms with Gasteiger partial charge in [0, 0.05) is 25.2 Å². The van der Waals surface area contributed by atoms with Gasteiger partial charge in [-0.1, -0.05) is 6.07 Å². The normalized spacial score (nSPS) is 15.1. The Bertz CT molecular complexity index is 339. The van der Waals surface area contributed by atoms with Crippen LogP contribution in [-0.2, 0) is 6.54 Å². The quantitative estimate of drug-likeness (QED) is 0.384. The maximum atomic E-state index is 9.87. The summed E-state index contributed by atoms with van der Waals surface area (Å²) >= 11 is 0. The minimum absolute atomic E-state index is 0.299. The summed E-state index contributed by atoms with van der Waals surface area (Å²) in [7, 11) is -10.7. The van der Waals surface area contributed by atoms with E-state index < -0.39 is 7.81 Å². The van der Waals surface area contributed by atoms with Crippen LogP contribution in [0.1, 0.15) is 12.8 Å². The zero-order chi connectivity index (χ0) is 14.3. The number of pyridine rings is 1. The summed E-state index contributed by atoms with van der Waals surface area (Å²) in [6, 6.07) is 6.03. The van der Waals surface area contributed by atoms with Gasteiger partial charge in [-0.3, -0.25) is 0 Å². The molecule has 0 aliphatic rings. The Morgan fingerprint density at radius 3 is 1.67 bits per heavy atom. The second-order valence-corrected chi connectivity index (χ2v) is 5.42. The first-order valence-electron chi connectivity index (χ1n) is 5.00. The van der Waals surface area contributed by atoms with Crippen LogP contribution in [0.4, 0.5) is 25.2 Å². The van der Waals surface area contributed by atoms with Crippen molar-refractivity contribution in [1.82, 2.24) is 0 Å². The van der Waals surface area contributed by atoms with Gasteiger partial charge >= 0.3 is 33.0 Å². The van der Waals surface area contributed by atoms with Crippen molar-refractivity contribution in [3.05, 3.63) is 30.6 Å². The van der Waals surface area contributed by atoms with Crippen molar-refractivity contribution in [3.8, 4) is 0 Å². The van der Waals surface area contributed by atoms with Crippen LogP contribution < -0.4 is 4.57 Å². The standard InChI is InChI=1S/C9H14NO.F6P/c11-9-5-4-8-10-6-2-1-3-7-10;1-7(2,3,4,5)6/h1-3,6-7,11H,4-5,8-9H2;/q+1;-1. The minimum atomic E-state index is -10.7. The van der Waals surface area contributed by atoms with Crippen molar-refractivity contribution in [1.29, 1.82) is 0 Å². The molecule has 108 valence electrons. The van der Waals surface area contributed by atoms with E-state index in [0.29, 0.717) is 6.61 Å². The number of halogens is 6. The molecule has 1 aromatic rings. The first-order chi connectivity index (χ1) is 7.88. The van der Waals surface area contributed by atoms with Crippen molar-refractivity contribution in [2.24, 2.45) is 0 Å². The Balaban J connectivity index is 0.000000360. The molecule has 0 aromatic carbocycles. The first-order valence-corrected chi connectivity index (χ1v) is 7.02. The Morgan fingerprint density at radius 1 is 0.833 bits per heavy atom. The first kappa shape index (κ1) is 17.1. The molecule has 0 aliphatic heterocycles. The van der Waals surface area contributed by atoms with E-state index in [4.69, 9.17) is 5.11 Å². The molecule has 0 bridgehead atoms. The third-order valence-electron chi connectivity index (χ3n) is 1.60. The molecule has 0 unspecified atom stereocenters. The summed E-state index contributed by atoms with van der Waals surface area (Å²) in [5, 5.41) is 8.54. The van der Waals surface area contributed by atoms with E-state index in [-0.39, 0.29) is 0 Å². The topological polar surface area (TPSA) is 24.1 Å². The molecule has 18 heavy (non-hydrogen) atoms. The van der Waals surface area contributed by atoms with Crippen LogP contribution in [0.25, 0.3) is 0 Å². The molecule has 1 N–H and O–H groups in total. The molecule has 0 spiro atoms. The molecule has 0 fully saturated rings. The third kappa shape index (κ3) is 20.5. The number of aromatic nitrogens is 1. The molecule has 0 radical (unpaired) electrons. The average molecular weight is 297 g/mol. The second kappa shape index (κ2) is 5.40. The molecule has 0 amide bonds. The molecule has 9 heteroatoms. The smallest absolute Gasteiger partial charge is 0.168 e. The van der Waals surface area contributed by atoms with Gasteiger partial charge in [0.15, 0.2) is 12.4 Å². The average Bonchev–Trinajstić information content (AvgIpc) is 2.15. The zero-order valence-corrected chi connectivity index (χ0v) is 10.2. The second-order valence-electron chi connectivity index (χ2n) is 3.50. The maximum absolute atomic E-state index is 10.7. The van der Waals surface area contributed by atoms with Crippen molar-refractivity contribution in [2.45, 2.75) is 19.4 Å². The predicted molar refractivity (Wildman–Crippen MR) is 56.5 cm³/mol. The minimum Gasteiger partial charge on any atom is -0.396 e. The number of hydrogen-bond donors (Lipinski definition) is 1. The summed E-state index contributed by atoms with van der Waals surface area (Å²) in [6.45, 7) is 1.30. The van der Waals surface area contributed by atoms with Crippen LogP contribution >= 0.6 is 7.81 Å². The number of unbranched alkanes of at least 4 members (excludes halogenated alkanes) is 1. The largest absolute Gasteiger partial charge is 0.396 e. The van der Waals surface area contributed by atoms with Gasteiger partial charge in [0.25, 0.3) is 0 Å². The Morgan fingerprint density at radius 2 is 1.28 bits per heavy atom. The Kier molecular flexibility index (Phi) is 5.14. The van der Waals surface area contributed by atoms with Crippen molar-refractivity contribution in [3.63, 3.8) is 0 Å². The number of aryl methyl sites for hydroxylation is 1. The van der Waals surface area contributed by atoms with Gasteiger partial charge < -0.3 is 5.11 Å². The number of nitrogens with zero attached hydrogens (tertiary/aromatic N) is 1. The predicted octanol–water partition coefficient (Wildman–Crippen LogP) is 4.13. The third-order valence-corrected chi connectivity index (χ3v) is 1.60. The summed E-state index contributed by atoms with van der Waals surface area (Å²) in [6.07, 6.45) is 6.02. The van der Waals surface area contributed by atoms with Crippen LogP contribution in [0.15, 0.2) is 30.6 Å². The zero-order valence-electron chi connectivity index (χ0n) is 9.32. The summed E-state index contributed by atoms with van der Waals surface area (Å²) in [5.74, 6) is 0. The summed E-state index contributed by atoms with van der Waals surface area (Å²) < 4.78 is 61.3. The van der Waals surface area contributed by atoms with Crippen LogP contribution in [0, 0.1) is 0 Å². The molecule has 1 rings (SSSR count). The van der Waals surface area contributed by atoms with Gasteiger partial charge in [-0.15, -0.1) is 0 Å². The van der Waals surface area contributed by atoms with Crippen LogP contribution in [0.5, 0.6) is 0 Å². The van der Waals surface area contributed by atoms with E-state index in [0.717, 1.165) is 19.4 Å². The van der Waals surface area contributed by atoms with Crippen molar-refractivity contribution in [2.75, 3.05) is 6.61 Å².